The summed E-state index contributed by atoms with van der Waals surface area (Å²) in [7, 11) is -1.92. The van der Waals surface area contributed by atoms with Gasteiger partial charge in [-0.05, 0) is 30.7 Å². The molecule has 0 fully saturated rings. The fraction of sp³-hybridized carbons (Fsp3) is 0.300. The number of amidine groups is 1. The highest BCUT2D eigenvalue weighted by Crippen LogP contribution is 2.15. The van der Waals surface area contributed by atoms with Gasteiger partial charge >= 0.3 is 10.0 Å². The van der Waals surface area contributed by atoms with E-state index in [2.05, 4.69) is 15.0 Å². The molecule has 2 aromatic rings. The van der Waals surface area contributed by atoms with E-state index in [1.165, 1.54) is 18.2 Å². The first-order chi connectivity index (χ1) is 13.8. The summed E-state index contributed by atoms with van der Waals surface area (Å²) in [6.45, 7) is 1.23. The number of hydrogen-bond donors (Lipinski definition) is 4. The molecule has 1 heterocycles. The molecule has 0 spiro atoms. The van der Waals surface area contributed by atoms with Crippen molar-refractivity contribution in [1.29, 1.82) is 0 Å². The molecule has 0 bridgehead atoms. The van der Waals surface area contributed by atoms with Crippen LogP contribution in [0.5, 0.6) is 0 Å². The van der Waals surface area contributed by atoms with E-state index in [1.54, 1.807) is 37.4 Å². The summed E-state index contributed by atoms with van der Waals surface area (Å²) < 4.78 is 41.3. The SMILES string of the molecule is C[NH+](CC(=O)Nc1cccc(S(=O)(=O)NC2=[NH+]CCC2)c1)Cc1ccccc1F. The van der Waals surface area contributed by atoms with Gasteiger partial charge in [0.1, 0.15) is 17.3 Å². The second kappa shape index (κ2) is 9.15. The maximum absolute atomic E-state index is 13.8. The van der Waals surface area contributed by atoms with E-state index in [0.717, 1.165) is 17.9 Å². The lowest BCUT2D eigenvalue weighted by Crippen LogP contribution is -3.08. The molecule has 0 aliphatic carbocycles. The van der Waals surface area contributed by atoms with Gasteiger partial charge in [0.25, 0.3) is 11.7 Å². The molecule has 7 nitrogen and oxygen atoms in total. The van der Waals surface area contributed by atoms with Gasteiger partial charge in [-0.15, -0.1) is 0 Å². The molecule has 3 rings (SSSR count). The molecule has 29 heavy (non-hydrogen) atoms. The number of nitrogens with one attached hydrogen (secondary N) is 4. The fourth-order valence-corrected chi connectivity index (χ4v) is 4.31. The second-order valence-electron chi connectivity index (χ2n) is 7.09. The summed E-state index contributed by atoms with van der Waals surface area (Å²) in [5.74, 6) is -0.00160. The number of quaternary nitrogens is 1. The topological polar surface area (TPSA) is 93.7 Å². The molecule has 2 aromatic carbocycles. The highest BCUT2D eigenvalue weighted by Gasteiger charge is 2.24. The van der Waals surface area contributed by atoms with Crippen LogP contribution in [0.4, 0.5) is 10.1 Å². The Morgan fingerprint density at radius 2 is 2.00 bits per heavy atom. The van der Waals surface area contributed by atoms with Crippen molar-refractivity contribution >= 4 is 27.5 Å². The van der Waals surface area contributed by atoms with Gasteiger partial charge in [0.15, 0.2) is 6.54 Å². The largest absolute Gasteiger partial charge is 0.328 e. The third-order valence-electron chi connectivity index (χ3n) is 4.54. The van der Waals surface area contributed by atoms with E-state index in [1.807, 2.05) is 0 Å². The average molecular weight is 421 g/mol. The van der Waals surface area contributed by atoms with Gasteiger partial charge < -0.3 is 10.2 Å². The highest BCUT2D eigenvalue weighted by molar-refractivity contribution is 7.90. The van der Waals surface area contributed by atoms with Gasteiger partial charge in [0.05, 0.1) is 20.0 Å². The Kier molecular flexibility index (Phi) is 6.60. The zero-order valence-corrected chi connectivity index (χ0v) is 17.0. The summed E-state index contributed by atoms with van der Waals surface area (Å²) in [4.78, 5) is 16.2. The number of amides is 1. The second-order valence-corrected chi connectivity index (χ2v) is 8.77. The lowest BCUT2D eigenvalue weighted by Gasteiger charge is -2.14. The number of hydrogen-bond acceptors (Lipinski definition) is 3. The first kappa shape index (κ1) is 20.9. The highest BCUT2D eigenvalue weighted by atomic mass is 32.2. The molecule has 1 unspecified atom stereocenters. The van der Waals surface area contributed by atoms with E-state index in [9.17, 15) is 17.6 Å². The molecule has 0 saturated carbocycles. The van der Waals surface area contributed by atoms with Crippen molar-refractivity contribution in [3.05, 3.63) is 59.9 Å². The zero-order valence-electron chi connectivity index (χ0n) is 16.2. The minimum atomic E-state index is -3.72. The van der Waals surface area contributed by atoms with Crippen LogP contribution in [0.15, 0.2) is 53.4 Å². The molecule has 1 aliphatic rings. The summed E-state index contributed by atoms with van der Waals surface area (Å²) in [5, 5.41) is 2.71. The molecule has 0 radical (unpaired) electrons. The molecular formula is C20H25FN4O3S+2. The van der Waals surface area contributed by atoms with Crippen molar-refractivity contribution in [3.63, 3.8) is 0 Å². The molecule has 154 valence electrons. The third kappa shape index (κ3) is 5.85. The van der Waals surface area contributed by atoms with Gasteiger partial charge in [-0.3, -0.25) is 9.79 Å². The van der Waals surface area contributed by atoms with Crippen molar-refractivity contribution in [2.24, 2.45) is 0 Å². The molecule has 4 N–H and O–H groups in total. The molecule has 0 saturated heterocycles. The van der Waals surface area contributed by atoms with Crippen molar-refractivity contribution in [2.75, 3.05) is 25.5 Å². The quantitative estimate of drug-likeness (QED) is 0.464. The normalized spacial score (nSPS) is 14.9. The van der Waals surface area contributed by atoms with Crippen molar-refractivity contribution in [2.45, 2.75) is 24.3 Å². The van der Waals surface area contributed by atoms with Gasteiger partial charge in [-0.2, -0.15) is 13.1 Å². The minimum absolute atomic E-state index is 0.0727. The first-order valence-corrected chi connectivity index (χ1v) is 10.9. The van der Waals surface area contributed by atoms with Crippen LogP contribution in [0.1, 0.15) is 18.4 Å². The number of rotatable bonds is 7. The van der Waals surface area contributed by atoms with E-state index in [4.69, 9.17) is 0 Å². The van der Waals surface area contributed by atoms with Gasteiger partial charge in [0.2, 0.25) is 0 Å². The van der Waals surface area contributed by atoms with Crippen LogP contribution < -0.4 is 19.9 Å². The Morgan fingerprint density at radius 1 is 1.21 bits per heavy atom. The fourth-order valence-electron chi connectivity index (χ4n) is 3.15. The van der Waals surface area contributed by atoms with E-state index in [-0.39, 0.29) is 23.2 Å². The van der Waals surface area contributed by atoms with E-state index in [0.29, 0.717) is 30.1 Å². The number of sulfonamides is 1. The van der Waals surface area contributed by atoms with Gasteiger partial charge in [-0.1, -0.05) is 24.3 Å². The maximum Gasteiger partial charge on any atom is 0.328 e. The van der Waals surface area contributed by atoms with Crippen molar-refractivity contribution in [1.82, 2.24) is 4.72 Å². The Bertz CT molecular complexity index is 1020. The molecular weight excluding hydrogens is 395 g/mol. The molecule has 1 amide bonds. The standard InChI is InChI=1S/C20H23FN4O3S/c1-25(13-15-6-2-3-9-18(15)21)14-20(26)23-16-7-4-8-17(12-16)29(27,28)24-19-10-5-11-22-19/h2-4,6-9,12H,5,10-11,13-14H2,1H3,(H,22,24)(H,23,26)/p+2. The molecule has 1 atom stereocenters. The summed E-state index contributed by atoms with van der Waals surface area (Å²) in [5.41, 5.74) is 0.927. The maximum atomic E-state index is 13.8. The first-order valence-electron chi connectivity index (χ1n) is 9.40. The Labute approximate surface area is 169 Å². The predicted molar refractivity (Wildman–Crippen MR) is 107 cm³/mol. The number of carbonyl (C=O) groups excluding carboxylic acids is 1. The number of halogens is 1. The van der Waals surface area contributed by atoms with E-state index >= 15 is 0 Å². The lowest BCUT2D eigenvalue weighted by atomic mass is 10.2. The van der Waals surface area contributed by atoms with Gasteiger partial charge in [0, 0.05) is 11.3 Å². The average Bonchev–Trinajstić information content (AvgIpc) is 3.16. The third-order valence-corrected chi connectivity index (χ3v) is 5.93. The van der Waals surface area contributed by atoms with Crippen LogP contribution >= 0.6 is 0 Å². The van der Waals surface area contributed by atoms with Crippen LogP contribution in [-0.2, 0) is 21.4 Å². The number of anilines is 1. The molecule has 1 aliphatic heterocycles. The monoisotopic (exact) mass is 420 g/mol. The van der Waals surface area contributed by atoms with E-state index < -0.39 is 10.0 Å². The van der Waals surface area contributed by atoms with Crippen LogP contribution in [-0.4, -0.2) is 40.3 Å². The number of likely N-dealkylation sites (N-methyl/N-ethyl adjacent to an activating group) is 1. The van der Waals surface area contributed by atoms with Gasteiger partial charge in [-0.25, -0.2) is 4.39 Å². The smallest absolute Gasteiger partial charge is 0.326 e. The Hall–Kier alpha value is -2.78. The summed E-state index contributed by atoms with van der Waals surface area (Å²) in [6.07, 6.45) is 1.55. The minimum Gasteiger partial charge on any atom is -0.326 e. The number of carbonyl (C=O) groups is 1. The van der Waals surface area contributed by atoms with Crippen LogP contribution in [0.2, 0.25) is 0 Å². The zero-order chi connectivity index (χ0) is 20.9. The summed E-state index contributed by atoms with van der Waals surface area (Å²) in [6, 6.07) is 12.6. The molecule has 0 aromatic heterocycles. The predicted octanol–water partition coefficient (Wildman–Crippen LogP) is -0.970. The van der Waals surface area contributed by atoms with Crippen molar-refractivity contribution < 1.29 is 27.5 Å². The number of benzene rings is 2. The Morgan fingerprint density at radius 3 is 2.72 bits per heavy atom. The molecule has 9 heteroatoms. The van der Waals surface area contributed by atoms with Crippen LogP contribution in [0.3, 0.4) is 0 Å². The van der Waals surface area contributed by atoms with Crippen LogP contribution in [0, 0.1) is 5.82 Å². The lowest BCUT2D eigenvalue weighted by molar-refractivity contribution is -0.885. The van der Waals surface area contributed by atoms with Crippen molar-refractivity contribution in [3.8, 4) is 0 Å². The summed E-state index contributed by atoms with van der Waals surface area (Å²) >= 11 is 0. The van der Waals surface area contributed by atoms with Crippen LogP contribution in [0.25, 0.3) is 0 Å². The Balaban J connectivity index is 1.60.